The molecule has 1 unspecified atom stereocenters. The Morgan fingerprint density at radius 3 is 2.57 bits per heavy atom. The number of nitrogens with zero attached hydrogens (tertiary/aromatic N) is 1. The number of aromatic nitrogens is 1. The summed E-state index contributed by atoms with van der Waals surface area (Å²) >= 11 is 0. The number of hydrogen-bond donors (Lipinski definition) is 3. The van der Waals surface area contributed by atoms with E-state index in [9.17, 15) is 9.59 Å². The van der Waals surface area contributed by atoms with Gasteiger partial charge < -0.3 is 15.7 Å². The number of benzene rings is 2. The molecule has 2 aromatic carbocycles. The zero-order valence-corrected chi connectivity index (χ0v) is 15.7. The molecule has 0 aliphatic heterocycles. The molecule has 0 bridgehead atoms. The minimum Gasteiger partial charge on any atom is -0.481 e. The molecule has 3 aromatic rings. The Morgan fingerprint density at radius 2 is 1.86 bits per heavy atom. The van der Waals surface area contributed by atoms with Crippen molar-refractivity contribution in [2.24, 2.45) is 0 Å². The molecule has 144 valence electrons. The van der Waals surface area contributed by atoms with E-state index < -0.39 is 5.97 Å². The SMILES string of the molecule is CCC(Nc1cnc2ccccc2c1)c1ccc(C(=O)NCCC(=O)O)cc1. The monoisotopic (exact) mass is 377 g/mol. The van der Waals surface area contributed by atoms with Crippen LogP contribution in [0.1, 0.15) is 41.7 Å². The van der Waals surface area contributed by atoms with Crippen LogP contribution in [0.25, 0.3) is 10.9 Å². The average Bonchev–Trinajstić information content (AvgIpc) is 2.71. The first-order valence-electron chi connectivity index (χ1n) is 9.28. The highest BCUT2D eigenvalue weighted by molar-refractivity contribution is 5.94. The van der Waals surface area contributed by atoms with E-state index in [0.29, 0.717) is 5.56 Å². The lowest BCUT2D eigenvalue weighted by Crippen LogP contribution is -2.26. The highest BCUT2D eigenvalue weighted by Gasteiger charge is 2.12. The van der Waals surface area contributed by atoms with Crippen molar-refractivity contribution >= 4 is 28.5 Å². The number of carbonyl (C=O) groups is 2. The molecule has 0 radical (unpaired) electrons. The van der Waals surface area contributed by atoms with Crippen molar-refractivity contribution in [1.29, 1.82) is 0 Å². The van der Waals surface area contributed by atoms with Crippen molar-refractivity contribution in [3.63, 3.8) is 0 Å². The predicted molar refractivity (Wildman–Crippen MR) is 109 cm³/mol. The molecular weight excluding hydrogens is 354 g/mol. The second-order valence-corrected chi connectivity index (χ2v) is 6.54. The molecule has 28 heavy (non-hydrogen) atoms. The first-order valence-corrected chi connectivity index (χ1v) is 9.28. The topological polar surface area (TPSA) is 91.3 Å². The van der Waals surface area contributed by atoms with Gasteiger partial charge in [-0.15, -0.1) is 0 Å². The lowest BCUT2D eigenvalue weighted by Gasteiger charge is -2.19. The van der Waals surface area contributed by atoms with E-state index in [-0.39, 0.29) is 24.9 Å². The van der Waals surface area contributed by atoms with Crippen LogP contribution < -0.4 is 10.6 Å². The van der Waals surface area contributed by atoms with Crippen LogP contribution in [-0.2, 0) is 4.79 Å². The predicted octanol–water partition coefficient (Wildman–Crippen LogP) is 4.00. The van der Waals surface area contributed by atoms with E-state index in [1.165, 1.54) is 0 Å². The van der Waals surface area contributed by atoms with Crippen LogP contribution in [0.5, 0.6) is 0 Å². The van der Waals surface area contributed by atoms with E-state index in [4.69, 9.17) is 5.11 Å². The normalized spacial score (nSPS) is 11.8. The summed E-state index contributed by atoms with van der Waals surface area (Å²) in [6.07, 6.45) is 2.61. The Hall–Kier alpha value is -3.41. The fraction of sp³-hybridized carbons (Fsp3) is 0.227. The summed E-state index contributed by atoms with van der Waals surface area (Å²) < 4.78 is 0. The lowest BCUT2D eigenvalue weighted by molar-refractivity contribution is -0.136. The van der Waals surface area contributed by atoms with Gasteiger partial charge in [-0.25, -0.2) is 0 Å². The molecule has 0 aliphatic rings. The van der Waals surface area contributed by atoms with Crippen molar-refractivity contribution in [2.75, 3.05) is 11.9 Å². The fourth-order valence-electron chi connectivity index (χ4n) is 3.02. The van der Waals surface area contributed by atoms with E-state index in [1.54, 1.807) is 12.1 Å². The van der Waals surface area contributed by atoms with Crippen LogP contribution in [0.3, 0.4) is 0 Å². The minimum atomic E-state index is -0.935. The van der Waals surface area contributed by atoms with Gasteiger partial charge in [0.2, 0.25) is 0 Å². The van der Waals surface area contributed by atoms with E-state index in [1.807, 2.05) is 42.6 Å². The van der Waals surface area contributed by atoms with Gasteiger partial charge in [0.15, 0.2) is 0 Å². The zero-order valence-electron chi connectivity index (χ0n) is 15.7. The van der Waals surface area contributed by atoms with Crippen molar-refractivity contribution < 1.29 is 14.7 Å². The number of anilines is 1. The number of carbonyl (C=O) groups excluding carboxylic acids is 1. The quantitative estimate of drug-likeness (QED) is 0.552. The summed E-state index contributed by atoms with van der Waals surface area (Å²) in [5.41, 5.74) is 3.48. The number of aliphatic carboxylic acids is 1. The molecule has 0 saturated carbocycles. The van der Waals surface area contributed by atoms with Gasteiger partial charge >= 0.3 is 5.97 Å². The van der Waals surface area contributed by atoms with Crippen LogP contribution in [-0.4, -0.2) is 28.5 Å². The van der Waals surface area contributed by atoms with Crippen LogP contribution in [0, 0.1) is 0 Å². The Kier molecular flexibility index (Phi) is 6.22. The summed E-state index contributed by atoms with van der Waals surface area (Å²) in [6.45, 7) is 2.21. The summed E-state index contributed by atoms with van der Waals surface area (Å²) in [6, 6.07) is 17.5. The first kappa shape index (κ1) is 19.4. The highest BCUT2D eigenvalue weighted by Crippen LogP contribution is 2.24. The number of fused-ring (bicyclic) bond motifs is 1. The molecule has 0 aliphatic carbocycles. The van der Waals surface area contributed by atoms with Crippen LogP contribution in [0.15, 0.2) is 60.8 Å². The van der Waals surface area contributed by atoms with Gasteiger partial charge in [0.05, 0.1) is 29.9 Å². The molecule has 0 saturated heterocycles. The summed E-state index contributed by atoms with van der Waals surface area (Å²) in [5.74, 6) is -1.21. The van der Waals surface area contributed by atoms with Gasteiger partial charge in [0.1, 0.15) is 0 Å². The molecule has 1 heterocycles. The molecule has 1 aromatic heterocycles. The van der Waals surface area contributed by atoms with Crippen molar-refractivity contribution in [3.05, 3.63) is 71.9 Å². The molecule has 6 nitrogen and oxygen atoms in total. The number of hydrogen-bond acceptors (Lipinski definition) is 4. The van der Waals surface area contributed by atoms with E-state index in [0.717, 1.165) is 28.6 Å². The van der Waals surface area contributed by atoms with Gasteiger partial charge in [-0.05, 0) is 36.2 Å². The maximum Gasteiger partial charge on any atom is 0.305 e. The number of para-hydroxylation sites is 1. The third-order valence-corrected chi connectivity index (χ3v) is 4.54. The number of carboxylic acids is 1. The van der Waals surface area contributed by atoms with Crippen LogP contribution in [0.4, 0.5) is 5.69 Å². The third-order valence-electron chi connectivity index (χ3n) is 4.54. The summed E-state index contributed by atoms with van der Waals surface area (Å²) in [4.78, 5) is 27.1. The Labute approximate surface area is 163 Å². The van der Waals surface area contributed by atoms with Gasteiger partial charge in [0, 0.05) is 17.5 Å². The Balaban J connectivity index is 1.68. The maximum atomic E-state index is 12.1. The molecule has 6 heteroatoms. The maximum absolute atomic E-state index is 12.1. The second-order valence-electron chi connectivity index (χ2n) is 6.54. The Bertz CT molecular complexity index is 970. The van der Waals surface area contributed by atoms with Gasteiger partial charge in [-0.2, -0.15) is 0 Å². The number of carboxylic acid groups (broad SMARTS) is 1. The van der Waals surface area contributed by atoms with Gasteiger partial charge in [0.25, 0.3) is 5.91 Å². The van der Waals surface area contributed by atoms with Gasteiger partial charge in [-0.1, -0.05) is 37.3 Å². The van der Waals surface area contributed by atoms with Crippen molar-refractivity contribution in [3.8, 4) is 0 Å². The van der Waals surface area contributed by atoms with Crippen molar-refractivity contribution in [2.45, 2.75) is 25.8 Å². The second kappa shape index (κ2) is 8.99. The molecule has 3 rings (SSSR count). The minimum absolute atomic E-state index is 0.0899. The summed E-state index contributed by atoms with van der Waals surface area (Å²) in [7, 11) is 0. The Morgan fingerprint density at radius 1 is 1.11 bits per heavy atom. The molecular formula is C22H23N3O3. The highest BCUT2D eigenvalue weighted by atomic mass is 16.4. The zero-order chi connectivity index (χ0) is 19.9. The molecule has 3 N–H and O–H groups in total. The number of nitrogens with one attached hydrogen (secondary N) is 2. The average molecular weight is 377 g/mol. The number of pyridine rings is 1. The van der Waals surface area contributed by atoms with Gasteiger partial charge in [-0.3, -0.25) is 14.6 Å². The third kappa shape index (κ3) is 4.85. The molecule has 1 amide bonds. The van der Waals surface area contributed by atoms with Crippen LogP contribution >= 0.6 is 0 Å². The van der Waals surface area contributed by atoms with E-state index >= 15 is 0 Å². The molecule has 1 atom stereocenters. The molecule has 0 fully saturated rings. The largest absolute Gasteiger partial charge is 0.481 e. The molecule has 0 spiro atoms. The number of rotatable bonds is 8. The first-order chi connectivity index (χ1) is 13.6. The number of amides is 1. The van der Waals surface area contributed by atoms with E-state index in [2.05, 4.69) is 28.6 Å². The lowest BCUT2D eigenvalue weighted by atomic mass is 10.0. The standard InChI is InChI=1S/C22H23N3O3/c1-2-19(25-18-13-17-5-3-4-6-20(17)24-14-18)15-7-9-16(10-8-15)22(28)23-12-11-21(26)27/h3-10,13-14,19,25H,2,11-12H2,1H3,(H,23,28)(H,26,27). The summed E-state index contributed by atoms with van der Waals surface area (Å²) in [5, 5.41) is 15.8. The smallest absolute Gasteiger partial charge is 0.305 e. The van der Waals surface area contributed by atoms with Crippen molar-refractivity contribution in [1.82, 2.24) is 10.3 Å². The van der Waals surface area contributed by atoms with Crippen LogP contribution in [0.2, 0.25) is 0 Å². The fourth-order valence-corrected chi connectivity index (χ4v) is 3.02.